The topological polar surface area (TPSA) is 38.7 Å². The number of methoxy groups -OCH3 is 1. The maximum atomic E-state index is 11.9. The molecule has 0 amide bonds. The third-order valence-corrected chi connectivity index (χ3v) is 3.37. The summed E-state index contributed by atoms with van der Waals surface area (Å²) < 4.78 is 4.85. The van der Waals surface area contributed by atoms with E-state index in [-0.39, 0.29) is 11.9 Å². The Balaban J connectivity index is 2.30. The smallest absolute Gasteiger partial charge is 0.334 e. The van der Waals surface area contributed by atoms with Crippen molar-refractivity contribution in [3.05, 3.63) is 48.6 Å². The van der Waals surface area contributed by atoms with Gasteiger partial charge in [-0.1, -0.05) is 36.4 Å². The summed E-state index contributed by atoms with van der Waals surface area (Å²) in [6.07, 6.45) is 2.46. The molecule has 1 fully saturated rings. The highest BCUT2D eigenvalue weighted by molar-refractivity contribution is 6.01. The van der Waals surface area contributed by atoms with Gasteiger partial charge in [0.25, 0.3) is 0 Å². The van der Waals surface area contributed by atoms with Crippen LogP contribution in [-0.2, 0) is 9.53 Å². The second-order valence-corrected chi connectivity index (χ2v) is 4.53. The van der Waals surface area contributed by atoms with Crippen LogP contribution in [0.3, 0.4) is 0 Å². The molecule has 3 nitrogen and oxygen atoms in total. The van der Waals surface area contributed by atoms with Gasteiger partial charge in [-0.05, 0) is 18.9 Å². The lowest BCUT2D eigenvalue weighted by Gasteiger charge is -2.11. The number of nitrogens with zero attached hydrogens (tertiary/aromatic N) is 1. The van der Waals surface area contributed by atoms with Gasteiger partial charge in [0, 0.05) is 11.6 Å². The fourth-order valence-electron chi connectivity index (χ4n) is 2.18. The Bertz CT molecular complexity index is 492. The van der Waals surface area contributed by atoms with Crippen LogP contribution in [0.15, 0.2) is 48.0 Å². The molecular formula is C15H17NO2. The summed E-state index contributed by atoms with van der Waals surface area (Å²) in [6.45, 7) is 5.65. The number of carbonyl (C=O) groups is 1. The molecule has 0 heterocycles. The lowest BCUT2D eigenvalue weighted by molar-refractivity contribution is -0.143. The average molecular weight is 243 g/mol. The van der Waals surface area contributed by atoms with Crippen LogP contribution in [0.1, 0.15) is 18.9 Å². The summed E-state index contributed by atoms with van der Waals surface area (Å²) in [4.78, 5) is 16.4. The first-order chi connectivity index (χ1) is 8.64. The Morgan fingerprint density at radius 1 is 1.50 bits per heavy atom. The highest BCUT2D eigenvalue weighted by atomic mass is 16.5. The van der Waals surface area contributed by atoms with Crippen LogP contribution >= 0.6 is 0 Å². The number of rotatable bonds is 4. The molecule has 2 atom stereocenters. The molecule has 0 bridgehead atoms. The van der Waals surface area contributed by atoms with Crippen molar-refractivity contribution in [2.75, 3.05) is 7.11 Å². The van der Waals surface area contributed by atoms with Gasteiger partial charge in [0.1, 0.15) is 0 Å². The van der Waals surface area contributed by atoms with Gasteiger partial charge in [0.05, 0.1) is 7.11 Å². The van der Waals surface area contributed by atoms with E-state index in [4.69, 9.17) is 4.74 Å². The molecule has 3 heteroatoms. The largest absolute Gasteiger partial charge is 0.467 e. The van der Waals surface area contributed by atoms with Crippen molar-refractivity contribution in [1.82, 2.24) is 0 Å². The lowest BCUT2D eigenvalue weighted by Crippen LogP contribution is -2.25. The molecule has 2 unspecified atom stereocenters. The van der Waals surface area contributed by atoms with Gasteiger partial charge in [-0.25, -0.2) is 4.79 Å². The van der Waals surface area contributed by atoms with E-state index in [0.717, 1.165) is 11.3 Å². The molecule has 18 heavy (non-hydrogen) atoms. The summed E-state index contributed by atoms with van der Waals surface area (Å²) in [5, 5.41) is 0. The van der Waals surface area contributed by atoms with E-state index in [9.17, 15) is 4.79 Å². The van der Waals surface area contributed by atoms with Crippen molar-refractivity contribution in [3.63, 3.8) is 0 Å². The molecule has 1 aromatic rings. The Morgan fingerprint density at radius 3 is 2.67 bits per heavy atom. The van der Waals surface area contributed by atoms with Crippen LogP contribution in [-0.4, -0.2) is 24.3 Å². The maximum Gasteiger partial charge on any atom is 0.334 e. The molecule has 1 aliphatic rings. The van der Waals surface area contributed by atoms with Crippen LogP contribution in [0.25, 0.3) is 0 Å². The summed E-state index contributed by atoms with van der Waals surface area (Å²) in [5.41, 5.74) is 1.14. The number of hydrogen-bond donors (Lipinski definition) is 0. The second-order valence-electron chi connectivity index (χ2n) is 4.53. The van der Waals surface area contributed by atoms with Crippen LogP contribution < -0.4 is 0 Å². The summed E-state index contributed by atoms with van der Waals surface area (Å²) in [7, 11) is 1.40. The van der Waals surface area contributed by atoms with E-state index in [1.54, 1.807) is 6.08 Å². The third-order valence-electron chi connectivity index (χ3n) is 3.37. The molecular weight excluding hydrogens is 226 g/mol. The van der Waals surface area contributed by atoms with Crippen molar-refractivity contribution in [3.8, 4) is 0 Å². The predicted molar refractivity (Wildman–Crippen MR) is 71.7 cm³/mol. The van der Waals surface area contributed by atoms with Crippen LogP contribution in [0, 0.1) is 5.92 Å². The fraction of sp³-hybridized carbons (Fsp3) is 0.333. The highest BCUT2D eigenvalue weighted by Crippen LogP contribution is 2.49. The quantitative estimate of drug-likeness (QED) is 0.463. The van der Waals surface area contributed by atoms with E-state index in [1.165, 1.54) is 7.11 Å². The van der Waals surface area contributed by atoms with Gasteiger partial charge < -0.3 is 4.74 Å². The summed E-state index contributed by atoms with van der Waals surface area (Å²) in [5.74, 6) is -0.189. The lowest BCUT2D eigenvalue weighted by atomic mass is 10.1. The number of carbonyl (C=O) groups excluding carboxylic acids is 1. The van der Waals surface area contributed by atoms with Crippen LogP contribution in [0.4, 0.5) is 0 Å². The molecule has 0 saturated heterocycles. The molecule has 2 rings (SSSR count). The summed E-state index contributed by atoms with van der Waals surface area (Å²) >= 11 is 0. The Morgan fingerprint density at radius 2 is 2.17 bits per heavy atom. The minimum atomic E-state index is -0.740. The normalized spacial score (nSPS) is 26.6. The first-order valence-corrected chi connectivity index (χ1v) is 5.97. The number of hydrogen-bond acceptors (Lipinski definition) is 3. The number of ether oxygens (including phenoxy) is 1. The highest BCUT2D eigenvalue weighted by Gasteiger charge is 2.60. The molecule has 0 spiro atoms. The molecule has 1 saturated carbocycles. The van der Waals surface area contributed by atoms with Crippen molar-refractivity contribution in [2.24, 2.45) is 10.9 Å². The van der Waals surface area contributed by atoms with Gasteiger partial charge >= 0.3 is 5.97 Å². The molecule has 1 aliphatic carbocycles. The fourth-order valence-corrected chi connectivity index (χ4v) is 2.18. The van der Waals surface area contributed by atoms with E-state index in [0.29, 0.717) is 6.42 Å². The van der Waals surface area contributed by atoms with E-state index in [2.05, 4.69) is 11.6 Å². The first-order valence-electron chi connectivity index (χ1n) is 5.97. The van der Waals surface area contributed by atoms with Crippen molar-refractivity contribution < 1.29 is 9.53 Å². The van der Waals surface area contributed by atoms with E-state index in [1.807, 2.05) is 37.3 Å². The first kappa shape index (κ1) is 12.6. The molecule has 0 aliphatic heterocycles. The Hall–Kier alpha value is -1.90. The van der Waals surface area contributed by atoms with Gasteiger partial charge in [-0.3, -0.25) is 4.99 Å². The Kier molecular flexibility index (Phi) is 3.32. The van der Waals surface area contributed by atoms with Gasteiger partial charge in [0.2, 0.25) is 0 Å². The predicted octanol–water partition coefficient (Wildman–Crippen LogP) is 2.61. The van der Waals surface area contributed by atoms with Crippen molar-refractivity contribution >= 4 is 11.7 Å². The van der Waals surface area contributed by atoms with Gasteiger partial charge in [-0.2, -0.15) is 0 Å². The van der Waals surface area contributed by atoms with Crippen LogP contribution in [0.5, 0.6) is 0 Å². The van der Waals surface area contributed by atoms with Crippen molar-refractivity contribution in [1.29, 1.82) is 0 Å². The molecule has 1 aromatic carbocycles. The number of aliphatic imine (C=N–C) groups is 1. The maximum absolute atomic E-state index is 11.9. The summed E-state index contributed by atoms with van der Waals surface area (Å²) in [6, 6.07) is 9.83. The van der Waals surface area contributed by atoms with Crippen molar-refractivity contribution in [2.45, 2.75) is 18.9 Å². The third kappa shape index (κ3) is 2.08. The van der Waals surface area contributed by atoms with Crippen LogP contribution in [0.2, 0.25) is 0 Å². The SMILES string of the molecule is C=CC1CC1(N=C(C)c1ccccc1)C(=O)OC. The monoisotopic (exact) mass is 243 g/mol. The number of esters is 1. The molecule has 0 radical (unpaired) electrons. The zero-order valence-corrected chi connectivity index (χ0v) is 10.7. The number of benzene rings is 1. The minimum Gasteiger partial charge on any atom is -0.467 e. The van der Waals surface area contributed by atoms with E-state index < -0.39 is 5.54 Å². The molecule has 94 valence electrons. The second kappa shape index (κ2) is 4.77. The minimum absolute atomic E-state index is 0.0867. The average Bonchev–Trinajstić information content (AvgIpc) is 3.13. The standard InChI is InChI=1S/C15H17NO2/c1-4-13-10-15(13,14(17)18-3)16-11(2)12-8-6-5-7-9-12/h4-9,13H,1,10H2,2-3H3. The Labute approximate surface area is 107 Å². The molecule has 0 aromatic heterocycles. The van der Waals surface area contributed by atoms with E-state index >= 15 is 0 Å². The zero-order chi connectivity index (χ0) is 13.2. The van der Waals surface area contributed by atoms with Gasteiger partial charge in [-0.15, -0.1) is 6.58 Å². The molecule has 0 N–H and O–H groups in total. The zero-order valence-electron chi connectivity index (χ0n) is 10.7. The van der Waals surface area contributed by atoms with Gasteiger partial charge in [0.15, 0.2) is 5.54 Å².